The Kier molecular flexibility index (Phi) is 5.98. The van der Waals surface area contributed by atoms with Crippen LogP contribution in [0.2, 0.25) is 0 Å². The molecule has 0 aliphatic carbocycles. The molecule has 1 unspecified atom stereocenters. The number of hydrogen-bond acceptors (Lipinski definition) is 5. The number of hydrogen-bond donors (Lipinski definition) is 1. The molecule has 0 saturated carbocycles. The number of nitrogens with one attached hydrogen (secondary N) is 1. The van der Waals surface area contributed by atoms with Crippen molar-refractivity contribution in [3.05, 3.63) is 94.5 Å². The second-order valence-electron chi connectivity index (χ2n) is 7.25. The van der Waals surface area contributed by atoms with Crippen LogP contribution in [-0.2, 0) is 9.84 Å². The van der Waals surface area contributed by atoms with Gasteiger partial charge in [-0.1, -0.05) is 64.0 Å². The number of aryl methyl sites for hydroxylation is 1. The van der Waals surface area contributed by atoms with Crippen molar-refractivity contribution in [3.8, 4) is 11.5 Å². The van der Waals surface area contributed by atoms with Gasteiger partial charge in [0.05, 0.1) is 10.9 Å². The summed E-state index contributed by atoms with van der Waals surface area (Å²) in [7, 11) is -3.89. The Hall–Kier alpha value is -2.90. The molecule has 0 amide bonds. The maximum Gasteiger partial charge on any atom is 0.234 e. The summed E-state index contributed by atoms with van der Waals surface area (Å²) in [6.07, 6.45) is 0. The zero-order valence-electron chi connectivity index (χ0n) is 17.0. The van der Waals surface area contributed by atoms with Gasteiger partial charge in [0.25, 0.3) is 0 Å². The van der Waals surface area contributed by atoms with Crippen LogP contribution in [0.4, 0.5) is 5.88 Å². The molecule has 0 fully saturated rings. The van der Waals surface area contributed by atoms with Crippen LogP contribution in [-0.4, -0.2) is 13.4 Å². The number of anilines is 1. The van der Waals surface area contributed by atoms with Crippen LogP contribution >= 0.6 is 15.9 Å². The lowest BCUT2D eigenvalue weighted by atomic mass is 10.1. The van der Waals surface area contributed by atoms with Gasteiger partial charge in [0.1, 0.15) is 0 Å². The number of aromatic nitrogens is 1. The van der Waals surface area contributed by atoms with Crippen LogP contribution in [0.1, 0.15) is 24.1 Å². The lowest BCUT2D eigenvalue weighted by Crippen LogP contribution is -2.10. The third-order valence-corrected chi connectivity index (χ3v) is 7.13. The van der Waals surface area contributed by atoms with E-state index in [1.54, 1.807) is 24.3 Å². The monoisotopic (exact) mass is 496 g/mol. The van der Waals surface area contributed by atoms with Gasteiger partial charge >= 0.3 is 0 Å². The van der Waals surface area contributed by atoms with Gasteiger partial charge in [-0.2, -0.15) is 4.98 Å². The highest BCUT2D eigenvalue weighted by atomic mass is 79.9. The van der Waals surface area contributed by atoms with Gasteiger partial charge < -0.3 is 9.73 Å². The first kappa shape index (κ1) is 21.3. The summed E-state index contributed by atoms with van der Waals surface area (Å²) in [4.78, 5) is 4.57. The van der Waals surface area contributed by atoms with Crippen LogP contribution < -0.4 is 5.32 Å². The molecule has 1 atom stereocenters. The van der Waals surface area contributed by atoms with Gasteiger partial charge in [-0.25, -0.2) is 8.42 Å². The van der Waals surface area contributed by atoms with Gasteiger partial charge in [0.2, 0.25) is 26.6 Å². The smallest absolute Gasteiger partial charge is 0.234 e. The number of sulfone groups is 1. The summed E-state index contributed by atoms with van der Waals surface area (Å²) in [5.74, 6) is 0.357. The number of benzene rings is 3. The van der Waals surface area contributed by atoms with Crippen molar-refractivity contribution < 1.29 is 12.8 Å². The molecule has 5 nitrogen and oxygen atoms in total. The topological polar surface area (TPSA) is 72.2 Å². The second-order valence-corrected chi connectivity index (χ2v) is 10.0. The van der Waals surface area contributed by atoms with Crippen molar-refractivity contribution in [2.24, 2.45) is 0 Å². The predicted octanol–water partition coefficient (Wildman–Crippen LogP) is 6.42. The third-order valence-electron chi connectivity index (χ3n) is 4.92. The maximum atomic E-state index is 13.4. The van der Waals surface area contributed by atoms with Crippen molar-refractivity contribution in [1.82, 2.24) is 4.98 Å². The fraction of sp³-hybridized carbons (Fsp3) is 0.125. The van der Waals surface area contributed by atoms with E-state index in [4.69, 9.17) is 4.42 Å². The molecule has 3 aromatic carbocycles. The molecule has 0 saturated heterocycles. The Bertz CT molecular complexity index is 1280. The average Bonchev–Trinajstić information content (AvgIpc) is 3.20. The Balaban J connectivity index is 1.80. The average molecular weight is 497 g/mol. The molecular formula is C24H21BrN2O3S. The van der Waals surface area contributed by atoms with E-state index in [0.717, 1.165) is 15.6 Å². The quantitative estimate of drug-likeness (QED) is 0.333. The van der Waals surface area contributed by atoms with Crippen LogP contribution in [0.25, 0.3) is 11.5 Å². The minimum Gasteiger partial charge on any atom is -0.419 e. The lowest BCUT2D eigenvalue weighted by molar-refractivity contribution is 0.570. The predicted molar refractivity (Wildman–Crippen MR) is 125 cm³/mol. The number of rotatable bonds is 6. The summed E-state index contributed by atoms with van der Waals surface area (Å²) in [6.45, 7) is 3.85. The standard InChI is InChI=1S/C24H21BrN2O3S/c1-16-8-14-21(15-9-16)31(28,29)24-23(26-17(2)18-6-4-3-5-7-18)30-22(27-24)19-10-12-20(25)13-11-19/h3-15,17,26H,1-2H3. The van der Waals surface area contributed by atoms with Crippen molar-refractivity contribution in [1.29, 1.82) is 0 Å². The van der Waals surface area contributed by atoms with E-state index in [1.807, 2.05) is 68.4 Å². The summed E-state index contributed by atoms with van der Waals surface area (Å²) in [5, 5.41) is 3.07. The van der Waals surface area contributed by atoms with Crippen molar-refractivity contribution >= 4 is 31.7 Å². The van der Waals surface area contributed by atoms with Crippen molar-refractivity contribution in [2.45, 2.75) is 29.8 Å². The van der Waals surface area contributed by atoms with Crippen molar-refractivity contribution in [2.75, 3.05) is 5.32 Å². The highest BCUT2D eigenvalue weighted by Crippen LogP contribution is 2.34. The zero-order chi connectivity index (χ0) is 22.0. The molecular weight excluding hydrogens is 476 g/mol. The van der Waals surface area contributed by atoms with Crippen LogP contribution in [0.3, 0.4) is 0 Å². The molecule has 0 spiro atoms. The highest BCUT2D eigenvalue weighted by Gasteiger charge is 2.29. The fourth-order valence-electron chi connectivity index (χ4n) is 3.15. The Morgan fingerprint density at radius 2 is 1.58 bits per heavy atom. The Labute approximate surface area is 190 Å². The third kappa shape index (κ3) is 4.57. The van der Waals surface area contributed by atoms with E-state index in [9.17, 15) is 8.42 Å². The second kappa shape index (κ2) is 8.69. The molecule has 1 N–H and O–H groups in total. The van der Waals surface area contributed by atoms with E-state index < -0.39 is 9.84 Å². The first-order chi connectivity index (χ1) is 14.8. The summed E-state index contributed by atoms with van der Waals surface area (Å²) < 4.78 is 33.7. The molecule has 158 valence electrons. The van der Waals surface area contributed by atoms with Gasteiger partial charge in [0, 0.05) is 10.0 Å². The van der Waals surface area contributed by atoms with Crippen LogP contribution in [0.15, 0.2) is 97.7 Å². The lowest BCUT2D eigenvalue weighted by Gasteiger charge is -2.14. The maximum absolute atomic E-state index is 13.4. The van der Waals surface area contributed by atoms with Gasteiger partial charge in [-0.05, 0) is 55.8 Å². The first-order valence-corrected chi connectivity index (χ1v) is 12.0. The van der Waals surface area contributed by atoms with Crippen molar-refractivity contribution in [3.63, 3.8) is 0 Å². The molecule has 0 bridgehead atoms. The first-order valence-electron chi connectivity index (χ1n) is 9.74. The molecule has 7 heteroatoms. The van der Waals surface area contributed by atoms with Gasteiger partial charge in [-0.15, -0.1) is 0 Å². The minimum atomic E-state index is -3.89. The summed E-state index contributed by atoms with van der Waals surface area (Å²) in [6, 6.07) is 23.6. The summed E-state index contributed by atoms with van der Waals surface area (Å²) >= 11 is 3.41. The van der Waals surface area contributed by atoms with E-state index in [0.29, 0.717) is 5.56 Å². The molecule has 0 aliphatic heterocycles. The van der Waals surface area contributed by atoms with Gasteiger partial charge in [-0.3, -0.25) is 0 Å². The Morgan fingerprint density at radius 1 is 0.935 bits per heavy atom. The van der Waals surface area contributed by atoms with E-state index in [1.165, 1.54) is 0 Å². The molecule has 1 aromatic heterocycles. The summed E-state index contributed by atoms with van der Waals surface area (Å²) in [5.41, 5.74) is 2.66. The normalized spacial score (nSPS) is 12.5. The molecule has 1 heterocycles. The molecule has 0 aliphatic rings. The number of halogens is 1. The van der Waals surface area contributed by atoms with E-state index >= 15 is 0 Å². The SMILES string of the molecule is Cc1ccc(S(=O)(=O)c2nc(-c3ccc(Br)cc3)oc2NC(C)c2ccccc2)cc1. The molecule has 4 rings (SSSR count). The largest absolute Gasteiger partial charge is 0.419 e. The molecule has 0 radical (unpaired) electrons. The van der Waals surface area contributed by atoms with Crippen LogP contribution in [0.5, 0.6) is 0 Å². The van der Waals surface area contributed by atoms with Gasteiger partial charge in [0.15, 0.2) is 0 Å². The highest BCUT2D eigenvalue weighted by molar-refractivity contribution is 9.10. The number of nitrogens with zero attached hydrogens (tertiary/aromatic N) is 1. The number of oxazole rings is 1. The van der Waals surface area contributed by atoms with E-state index in [-0.39, 0.29) is 27.7 Å². The van der Waals surface area contributed by atoms with Crippen LogP contribution in [0, 0.1) is 6.92 Å². The fourth-order valence-corrected chi connectivity index (χ4v) is 4.68. The van der Waals surface area contributed by atoms with E-state index in [2.05, 4.69) is 26.2 Å². The minimum absolute atomic E-state index is 0.120. The molecule has 4 aromatic rings. The molecule has 31 heavy (non-hydrogen) atoms. The zero-order valence-corrected chi connectivity index (χ0v) is 19.4. The Morgan fingerprint density at radius 3 is 2.23 bits per heavy atom.